The van der Waals surface area contributed by atoms with Crippen molar-refractivity contribution in [2.24, 2.45) is 11.7 Å². The molecule has 7 nitrogen and oxygen atoms in total. The summed E-state index contributed by atoms with van der Waals surface area (Å²) in [7, 11) is 0. The van der Waals surface area contributed by atoms with Gasteiger partial charge in [-0.15, -0.1) is 0 Å². The number of carbonyl (C=O) groups is 2. The SMILES string of the molecule is CC(C)(C)OC(=O)[C@H]1CCN([C@H](C(=O)O)c2cccnc2)[C@@H](N)C1. The molecule has 0 unspecified atom stereocenters. The fourth-order valence-electron chi connectivity index (χ4n) is 2.95. The highest BCUT2D eigenvalue weighted by molar-refractivity contribution is 5.76. The van der Waals surface area contributed by atoms with E-state index in [1.807, 2.05) is 20.8 Å². The third-order valence-corrected chi connectivity index (χ3v) is 3.99. The summed E-state index contributed by atoms with van der Waals surface area (Å²) < 4.78 is 5.41. The molecule has 0 saturated carbocycles. The van der Waals surface area contributed by atoms with Crippen LogP contribution in [0.4, 0.5) is 0 Å². The summed E-state index contributed by atoms with van der Waals surface area (Å²) in [5.41, 5.74) is 6.22. The fourth-order valence-corrected chi connectivity index (χ4v) is 2.95. The number of aromatic nitrogens is 1. The highest BCUT2D eigenvalue weighted by Crippen LogP contribution is 2.30. The van der Waals surface area contributed by atoms with Crippen LogP contribution in [0.5, 0.6) is 0 Å². The van der Waals surface area contributed by atoms with Gasteiger partial charge in [-0.25, -0.2) is 0 Å². The molecule has 0 aromatic carbocycles. The van der Waals surface area contributed by atoms with Crippen molar-refractivity contribution in [1.82, 2.24) is 9.88 Å². The predicted molar refractivity (Wildman–Crippen MR) is 87.9 cm³/mol. The molecule has 3 atom stereocenters. The molecular formula is C17H25N3O4. The van der Waals surface area contributed by atoms with E-state index in [2.05, 4.69) is 4.98 Å². The van der Waals surface area contributed by atoms with Crippen molar-refractivity contribution < 1.29 is 19.4 Å². The van der Waals surface area contributed by atoms with Gasteiger partial charge in [0.05, 0.1) is 12.1 Å². The quantitative estimate of drug-likeness (QED) is 0.804. The van der Waals surface area contributed by atoms with E-state index < -0.39 is 23.8 Å². The zero-order valence-corrected chi connectivity index (χ0v) is 14.3. The van der Waals surface area contributed by atoms with Crippen molar-refractivity contribution in [2.75, 3.05) is 6.54 Å². The van der Waals surface area contributed by atoms with E-state index in [9.17, 15) is 14.7 Å². The highest BCUT2D eigenvalue weighted by Gasteiger charge is 2.38. The number of carboxylic acids is 1. The first kappa shape index (κ1) is 18.4. The van der Waals surface area contributed by atoms with Crippen LogP contribution >= 0.6 is 0 Å². The number of hydrogen-bond donors (Lipinski definition) is 2. The predicted octanol–water partition coefficient (Wildman–Crippen LogP) is 1.55. The van der Waals surface area contributed by atoms with Gasteiger partial charge in [0, 0.05) is 18.9 Å². The first-order valence-electron chi connectivity index (χ1n) is 8.06. The molecule has 0 radical (unpaired) electrons. The van der Waals surface area contributed by atoms with Gasteiger partial charge >= 0.3 is 11.9 Å². The summed E-state index contributed by atoms with van der Waals surface area (Å²) in [5.74, 6) is -1.56. The van der Waals surface area contributed by atoms with Gasteiger partial charge in [-0.3, -0.25) is 19.5 Å². The van der Waals surface area contributed by atoms with Gasteiger partial charge in [0.25, 0.3) is 0 Å². The monoisotopic (exact) mass is 335 g/mol. The molecule has 2 heterocycles. The van der Waals surface area contributed by atoms with Gasteiger partial charge in [-0.05, 0) is 45.2 Å². The summed E-state index contributed by atoms with van der Waals surface area (Å²) in [6.07, 6.45) is 3.49. The van der Waals surface area contributed by atoms with Crippen LogP contribution < -0.4 is 5.73 Å². The molecule has 1 saturated heterocycles. The Morgan fingerprint density at radius 2 is 2.17 bits per heavy atom. The summed E-state index contributed by atoms with van der Waals surface area (Å²) in [4.78, 5) is 29.6. The molecule has 1 aliphatic rings. The molecule has 3 N–H and O–H groups in total. The van der Waals surface area contributed by atoms with Crippen LogP contribution in [0.1, 0.15) is 45.2 Å². The molecule has 0 spiro atoms. The number of rotatable bonds is 4. The van der Waals surface area contributed by atoms with Crippen molar-refractivity contribution in [3.05, 3.63) is 30.1 Å². The number of nitrogens with two attached hydrogens (primary N) is 1. The Morgan fingerprint density at radius 3 is 2.67 bits per heavy atom. The van der Waals surface area contributed by atoms with Crippen LogP contribution in [-0.4, -0.2) is 45.2 Å². The molecule has 0 aliphatic carbocycles. The number of pyridine rings is 1. The molecule has 1 aromatic heterocycles. The van der Waals surface area contributed by atoms with E-state index in [-0.39, 0.29) is 11.9 Å². The van der Waals surface area contributed by atoms with Crippen LogP contribution in [0.3, 0.4) is 0 Å². The van der Waals surface area contributed by atoms with Crippen LogP contribution in [-0.2, 0) is 14.3 Å². The lowest BCUT2D eigenvalue weighted by atomic mass is 9.92. The third-order valence-electron chi connectivity index (χ3n) is 3.99. The Balaban J connectivity index is 2.09. The van der Waals surface area contributed by atoms with Crippen LogP contribution in [0.25, 0.3) is 0 Å². The van der Waals surface area contributed by atoms with E-state index in [1.165, 1.54) is 6.20 Å². The minimum Gasteiger partial charge on any atom is -0.480 e. The summed E-state index contributed by atoms with van der Waals surface area (Å²) >= 11 is 0. The van der Waals surface area contributed by atoms with Crippen molar-refractivity contribution in [3.63, 3.8) is 0 Å². The minimum atomic E-state index is -0.978. The molecule has 2 rings (SSSR count). The van der Waals surface area contributed by atoms with Crippen molar-refractivity contribution in [3.8, 4) is 0 Å². The average Bonchev–Trinajstić information content (AvgIpc) is 2.48. The smallest absolute Gasteiger partial charge is 0.325 e. The third kappa shape index (κ3) is 4.52. The maximum atomic E-state index is 12.2. The summed E-state index contributed by atoms with van der Waals surface area (Å²) in [6.45, 7) is 5.88. The lowest BCUT2D eigenvalue weighted by molar-refractivity contribution is -0.163. The Morgan fingerprint density at radius 1 is 1.46 bits per heavy atom. The van der Waals surface area contributed by atoms with Crippen LogP contribution in [0.2, 0.25) is 0 Å². The van der Waals surface area contributed by atoms with Crippen molar-refractivity contribution in [1.29, 1.82) is 0 Å². The number of carboxylic acid groups (broad SMARTS) is 1. The Bertz CT molecular complexity index is 585. The molecule has 1 aliphatic heterocycles. The number of hydrogen-bond acceptors (Lipinski definition) is 6. The Labute approximate surface area is 141 Å². The fraction of sp³-hybridized carbons (Fsp3) is 0.588. The van der Waals surface area contributed by atoms with E-state index in [0.29, 0.717) is 24.9 Å². The van der Waals surface area contributed by atoms with Crippen LogP contribution in [0.15, 0.2) is 24.5 Å². The number of likely N-dealkylation sites (tertiary alicyclic amines) is 1. The lowest BCUT2D eigenvalue weighted by Crippen LogP contribution is -2.52. The Hall–Kier alpha value is -1.99. The summed E-state index contributed by atoms with van der Waals surface area (Å²) in [6, 6.07) is 2.55. The van der Waals surface area contributed by atoms with Gasteiger partial charge in [0.2, 0.25) is 0 Å². The largest absolute Gasteiger partial charge is 0.480 e. The second kappa shape index (κ2) is 7.27. The molecule has 0 bridgehead atoms. The molecule has 24 heavy (non-hydrogen) atoms. The van der Waals surface area contributed by atoms with Crippen molar-refractivity contribution in [2.45, 2.75) is 51.4 Å². The molecule has 1 aromatic rings. The summed E-state index contributed by atoms with van der Waals surface area (Å²) in [5, 5.41) is 9.61. The molecule has 0 amide bonds. The maximum absolute atomic E-state index is 12.2. The van der Waals surface area contributed by atoms with Gasteiger partial charge in [0.15, 0.2) is 0 Å². The average molecular weight is 335 g/mol. The first-order valence-corrected chi connectivity index (χ1v) is 8.06. The molecular weight excluding hydrogens is 310 g/mol. The van der Waals surface area contributed by atoms with E-state index in [1.54, 1.807) is 23.2 Å². The molecule has 7 heteroatoms. The topological polar surface area (TPSA) is 106 Å². The zero-order valence-electron chi connectivity index (χ0n) is 14.3. The van der Waals surface area contributed by atoms with E-state index in [0.717, 1.165) is 0 Å². The second-order valence-electron chi connectivity index (χ2n) is 7.09. The van der Waals surface area contributed by atoms with E-state index in [4.69, 9.17) is 10.5 Å². The molecule has 1 fully saturated rings. The second-order valence-corrected chi connectivity index (χ2v) is 7.09. The van der Waals surface area contributed by atoms with Gasteiger partial charge in [0.1, 0.15) is 11.6 Å². The van der Waals surface area contributed by atoms with Gasteiger partial charge in [-0.2, -0.15) is 0 Å². The Kier molecular flexibility index (Phi) is 5.56. The van der Waals surface area contributed by atoms with Gasteiger partial charge in [-0.1, -0.05) is 6.07 Å². The number of nitrogens with zero attached hydrogens (tertiary/aromatic N) is 2. The van der Waals surface area contributed by atoms with E-state index >= 15 is 0 Å². The number of esters is 1. The number of carbonyl (C=O) groups excluding carboxylic acids is 1. The minimum absolute atomic E-state index is 0.272. The zero-order chi connectivity index (χ0) is 17.9. The lowest BCUT2D eigenvalue weighted by Gasteiger charge is -2.40. The van der Waals surface area contributed by atoms with Crippen LogP contribution in [0, 0.1) is 5.92 Å². The standard InChI is InChI=1S/C17H25N3O4/c1-17(2,3)24-16(23)11-6-8-20(13(18)9-11)14(15(21)22)12-5-4-7-19-10-12/h4-5,7,10-11,13-14H,6,8-9,18H2,1-3H3,(H,21,22)/t11-,13+,14-/m0/s1. The normalized spacial score (nSPS) is 23.5. The molecule has 132 valence electrons. The first-order chi connectivity index (χ1) is 11.2. The highest BCUT2D eigenvalue weighted by atomic mass is 16.6. The maximum Gasteiger partial charge on any atom is 0.325 e. The number of aliphatic carboxylic acids is 1. The van der Waals surface area contributed by atoms with Crippen molar-refractivity contribution >= 4 is 11.9 Å². The van der Waals surface area contributed by atoms with Gasteiger partial charge < -0.3 is 15.6 Å². The number of ether oxygens (including phenoxy) is 1. The number of piperidine rings is 1.